The molecular formula is C12H17BrN2O3S. The van der Waals surface area contributed by atoms with Crippen molar-refractivity contribution in [2.24, 2.45) is 5.14 Å². The second-order valence-corrected chi connectivity index (χ2v) is 6.54. The molecule has 0 aliphatic heterocycles. The van der Waals surface area contributed by atoms with E-state index in [0.717, 1.165) is 19.3 Å². The summed E-state index contributed by atoms with van der Waals surface area (Å²) in [6.07, 6.45) is 3.02. The number of sulfonamides is 1. The minimum atomic E-state index is -3.85. The van der Waals surface area contributed by atoms with Gasteiger partial charge < -0.3 is 5.32 Å². The van der Waals surface area contributed by atoms with E-state index in [0.29, 0.717) is 11.0 Å². The number of hydrogen-bond donors (Lipinski definition) is 2. The number of carbonyl (C=O) groups excluding carboxylic acids is 1. The highest BCUT2D eigenvalue weighted by atomic mass is 79.9. The van der Waals surface area contributed by atoms with Crippen molar-refractivity contribution in [1.29, 1.82) is 0 Å². The molecule has 0 aliphatic rings. The fourth-order valence-corrected chi connectivity index (χ4v) is 3.10. The highest BCUT2D eigenvalue weighted by molar-refractivity contribution is 9.10. The van der Waals surface area contributed by atoms with Crippen molar-refractivity contribution in [1.82, 2.24) is 5.32 Å². The van der Waals surface area contributed by atoms with Crippen LogP contribution in [-0.4, -0.2) is 20.9 Å². The fourth-order valence-electron chi connectivity index (χ4n) is 1.54. The number of amides is 1. The first-order valence-corrected chi connectivity index (χ1v) is 8.30. The minimum Gasteiger partial charge on any atom is -0.352 e. The van der Waals surface area contributed by atoms with E-state index >= 15 is 0 Å². The molecule has 1 aromatic rings. The van der Waals surface area contributed by atoms with Crippen LogP contribution >= 0.6 is 15.9 Å². The van der Waals surface area contributed by atoms with E-state index in [1.807, 2.05) is 0 Å². The Morgan fingerprint density at radius 1 is 1.37 bits per heavy atom. The maximum atomic E-state index is 11.8. The molecule has 0 spiro atoms. The maximum Gasteiger partial charge on any atom is 0.251 e. The topological polar surface area (TPSA) is 89.3 Å². The van der Waals surface area contributed by atoms with Crippen molar-refractivity contribution >= 4 is 31.9 Å². The van der Waals surface area contributed by atoms with Crippen molar-refractivity contribution in [3.05, 3.63) is 28.2 Å². The average Bonchev–Trinajstić information content (AvgIpc) is 2.33. The molecule has 0 heterocycles. The van der Waals surface area contributed by atoms with Gasteiger partial charge in [-0.25, -0.2) is 13.6 Å². The van der Waals surface area contributed by atoms with Crippen molar-refractivity contribution < 1.29 is 13.2 Å². The lowest BCUT2D eigenvalue weighted by Gasteiger charge is -2.07. The highest BCUT2D eigenvalue weighted by Crippen LogP contribution is 2.22. The van der Waals surface area contributed by atoms with Gasteiger partial charge in [0.2, 0.25) is 10.0 Å². The molecule has 5 nitrogen and oxygen atoms in total. The zero-order valence-corrected chi connectivity index (χ0v) is 13.1. The van der Waals surface area contributed by atoms with Gasteiger partial charge in [-0.2, -0.15) is 0 Å². The van der Waals surface area contributed by atoms with Crippen LogP contribution in [-0.2, 0) is 10.0 Å². The number of carbonyl (C=O) groups is 1. The number of rotatable bonds is 6. The third-order valence-corrected chi connectivity index (χ3v) is 4.47. The predicted molar refractivity (Wildman–Crippen MR) is 77.4 cm³/mol. The van der Waals surface area contributed by atoms with Gasteiger partial charge in [0, 0.05) is 16.6 Å². The molecule has 0 saturated carbocycles. The summed E-state index contributed by atoms with van der Waals surface area (Å²) in [5.74, 6) is -0.298. The number of benzene rings is 1. The molecule has 0 bridgehead atoms. The van der Waals surface area contributed by atoms with E-state index in [2.05, 4.69) is 28.2 Å². The van der Waals surface area contributed by atoms with Crippen LogP contribution in [0, 0.1) is 0 Å². The highest BCUT2D eigenvalue weighted by Gasteiger charge is 2.15. The largest absolute Gasteiger partial charge is 0.352 e. The summed E-state index contributed by atoms with van der Waals surface area (Å²) in [5, 5.41) is 7.82. The molecule has 0 atom stereocenters. The molecular weight excluding hydrogens is 332 g/mol. The Morgan fingerprint density at radius 2 is 2.05 bits per heavy atom. The second-order valence-electron chi connectivity index (χ2n) is 4.15. The minimum absolute atomic E-state index is 0.0892. The Balaban J connectivity index is 2.82. The number of nitrogens with one attached hydrogen (secondary N) is 1. The number of primary sulfonamides is 1. The van der Waals surface area contributed by atoms with Crippen LogP contribution in [0.15, 0.2) is 27.6 Å². The van der Waals surface area contributed by atoms with E-state index < -0.39 is 10.0 Å². The van der Waals surface area contributed by atoms with Crippen LogP contribution in [0.4, 0.5) is 0 Å². The third kappa shape index (κ3) is 4.93. The summed E-state index contributed by atoms with van der Waals surface area (Å²) in [4.78, 5) is 11.7. The van der Waals surface area contributed by atoms with Gasteiger partial charge in [0.1, 0.15) is 0 Å². The van der Waals surface area contributed by atoms with Crippen molar-refractivity contribution in [3.8, 4) is 0 Å². The van der Waals surface area contributed by atoms with Gasteiger partial charge >= 0.3 is 0 Å². The number of unbranched alkanes of at least 4 members (excludes halogenated alkanes) is 2. The molecule has 0 aromatic heterocycles. The summed E-state index contributed by atoms with van der Waals surface area (Å²) in [5.41, 5.74) is 0.281. The number of halogens is 1. The van der Waals surface area contributed by atoms with Crippen LogP contribution in [0.5, 0.6) is 0 Å². The van der Waals surface area contributed by atoms with Crippen LogP contribution in [0.25, 0.3) is 0 Å². The standard InChI is InChI=1S/C12H17BrN2O3S/c1-2-3-4-7-15-12(16)9-5-6-10(13)11(8-9)19(14,17)18/h5-6,8H,2-4,7H2,1H3,(H,15,16)(H2,14,17,18). The van der Waals surface area contributed by atoms with Crippen LogP contribution in [0.1, 0.15) is 36.5 Å². The Hall–Kier alpha value is -0.920. The van der Waals surface area contributed by atoms with Gasteiger partial charge in [-0.15, -0.1) is 0 Å². The van der Waals surface area contributed by atoms with Crippen LogP contribution < -0.4 is 10.5 Å². The van der Waals surface area contributed by atoms with E-state index in [4.69, 9.17) is 5.14 Å². The van der Waals surface area contributed by atoms with Gasteiger partial charge in [0.25, 0.3) is 5.91 Å². The van der Waals surface area contributed by atoms with Crippen molar-refractivity contribution in [2.45, 2.75) is 31.1 Å². The molecule has 0 radical (unpaired) electrons. The molecule has 1 rings (SSSR count). The zero-order chi connectivity index (χ0) is 14.5. The SMILES string of the molecule is CCCCCNC(=O)c1ccc(Br)c(S(N)(=O)=O)c1. The Kier molecular flexibility index (Phi) is 5.96. The first kappa shape index (κ1) is 16.1. The van der Waals surface area contributed by atoms with Crippen molar-refractivity contribution in [2.75, 3.05) is 6.54 Å². The fraction of sp³-hybridized carbons (Fsp3) is 0.417. The van der Waals surface area contributed by atoms with Gasteiger partial charge in [0.05, 0.1) is 4.90 Å². The van der Waals surface area contributed by atoms with Gasteiger partial charge in [0.15, 0.2) is 0 Å². The van der Waals surface area contributed by atoms with E-state index in [1.165, 1.54) is 12.1 Å². The first-order chi connectivity index (χ1) is 8.86. The Labute approximate surface area is 121 Å². The van der Waals surface area contributed by atoms with E-state index in [1.54, 1.807) is 6.07 Å². The molecule has 0 fully saturated rings. The lowest BCUT2D eigenvalue weighted by atomic mass is 10.2. The summed E-state index contributed by atoms with van der Waals surface area (Å²) < 4.78 is 23.0. The molecule has 106 valence electrons. The van der Waals surface area contributed by atoms with E-state index in [9.17, 15) is 13.2 Å². The summed E-state index contributed by atoms with van der Waals surface area (Å²) in [7, 11) is -3.85. The number of hydrogen-bond acceptors (Lipinski definition) is 3. The maximum absolute atomic E-state index is 11.8. The summed E-state index contributed by atoms with van der Waals surface area (Å²) >= 11 is 3.10. The lowest BCUT2D eigenvalue weighted by Crippen LogP contribution is -2.25. The van der Waals surface area contributed by atoms with Gasteiger partial charge in [-0.3, -0.25) is 4.79 Å². The average molecular weight is 349 g/mol. The molecule has 3 N–H and O–H groups in total. The Morgan fingerprint density at radius 3 is 2.63 bits per heavy atom. The normalized spacial score (nSPS) is 11.3. The summed E-state index contributed by atoms with van der Waals surface area (Å²) in [6, 6.07) is 4.32. The van der Waals surface area contributed by atoms with E-state index in [-0.39, 0.29) is 16.4 Å². The van der Waals surface area contributed by atoms with Crippen LogP contribution in [0.3, 0.4) is 0 Å². The van der Waals surface area contributed by atoms with Crippen LogP contribution in [0.2, 0.25) is 0 Å². The Bertz CT molecular complexity index is 558. The molecule has 19 heavy (non-hydrogen) atoms. The first-order valence-electron chi connectivity index (χ1n) is 5.96. The lowest BCUT2D eigenvalue weighted by molar-refractivity contribution is 0.0952. The molecule has 0 aliphatic carbocycles. The molecule has 0 unspecified atom stereocenters. The molecule has 7 heteroatoms. The quantitative estimate of drug-likeness (QED) is 0.770. The summed E-state index contributed by atoms with van der Waals surface area (Å²) in [6.45, 7) is 2.66. The number of nitrogens with two attached hydrogens (primary N) is 1. The smallest absolute Gasteiger partial charge is 0.251 e. The molecule has 0 saturated heterocycles. The monoisotopic (exact) mass is 348 g/mol. The predicted octanol–water partition coefficient (Wildman–Crippen LogP) is 2.02. The molecule has 1 amide bonds. The van der Waals surface area contributed by atoms with Gasteiger partial charge in [-0.1, -0.05) is 19.8 Å². The third-order valence-electron chi connectivity index (χ3n) is 2.57. The zero-order valence-electron chi connectivity index (χ0n) is 10.6. The van der Waals surface area contributed by atoms with Crippen molar-refractivity contribution in [3.63, 3.8) is 0 Å². The molecule has 1 aromatic carbocycles. The second kappa shape index (κ2) is 7.02. The van der Waals surface area contributed by atoms with Gasteiger partial charge in [-0.05, 0) is 40.5 Å².